The first-order valence-corrected chi connectivity index (χ1v) is 6.48. The number of rotatable bonds is 1. The third-order valence-corrected chi connectivity index (χ3v) is 4.75. The first-order chi connectivity index (χ1) is 6.50. The van der Waals surface area contributed by atoms with Gasteiger partial charge >= 0.3 is 5.97 Å². The topological polar surface area (TPSA) is 26.3 Å². The monoisotopic (exact) mass is 306 g/mol. The summed E-state index contributed by atoms with van der Waals surface area (Å²) in [5.74, 6) is 0.327. The molecular formula is C11H15IO2. The van der Waals surface area contributed by atoms with Crippen LogP contribution in [0.2, 0.25) is 0 Å². The molecule has 0 spiro atoms. The summed E-state index contributed by atoms with van der Waals surface area (Å²) in [6, 6.07) is 0. The van der Waals surface area contributed by atoms with Crippen LogP contribution in [0, 0.1) is 11.3 Å². The highest BCUT2D eigenvalue weighted by atomic mass is 127. The van der Waals surface area contributed by atoms with Crippen molar-refractivity contribution < 1.29 is 9.53 Å². The highest BCUT2D eigenvalue weighted by Gasteiger charge is 2.54. The number of alkyl halides is 1. The summed E-state index contributed by atoms with van der Waals surface area (Å²) < 4.78 is 6.44. The van der Waals surface area contributed by atoms with Crippen LogP contribution in [0.5, 0.6) is 0 Å². The van der Waals surface area contributed by atoms with E-state index in [0.29, 0.717) is 12.3 Å². The van der Waals surface area contributed by atoms with Crippen molar-refractivity contribution in [2.24, 2.45) is 11.3 Å². The quantitative estimate of drug-likeness (QED) is 0.322. The van der Waals surface area contributed by atoms with Crippen LogP contribution in [0.15, 0.2) is 12.2 Å². The lowest BCUT2D eigenvalue weighted by molar-refractivity contribution is -0.148. The average Bonchev–Trinajstić information content (AvgIpc) is 2.44. The summed E-state index contributed by atoms with van der Waals surface area (Å²) in [6.45, 7) is 4.38. The zero-order chi connectivity index (χ0) is 10.4. The van der Waals surface area contributed by atoms with Crippen LogP contribution < -0.4 is 0 Å². The average molecular weight is 306 g/mol. The molecule has 1 aliphatic heterocycles. The van der Waals surface area contributed by atoms with Crippen LogP contribution in [0.4, 0.5) is 0 Å². The minimum absolute atomic E-state index is 0.0246. The molecule has 78 valence electrons. The maximum atomic E-state index is 11.4. The van der Waals surface area contributed by atoms with E-state index < -0.39 is 0 Å². The zero-order valence-electron chi connectivity index (χ0n) is 8.55. The van der Waals surface area contributed by atoms with E-state index in [1.165, 1.54) is 0 Å². The molecule has 0 aromatic rings. The van der Waals surface area contributed by atoms with Crippen LogP contribution in [0.3, 0.4) is 0 Å². The first kappa shape index (κ1) is 10.5. The molecule has 0 aromatic carbocycles. The molecule has 1 aliphatic carbocycles. The molecule has 2 unspecified atom stereocenters. The van der Waals surface area contributed by atoms with Gasteiger partial charge in [-0.1, -0.05) is 48.6 Å². The van der Waals surface area contributed by atoms with Crippen LogP contribution in [-0.4, -0.2) is 16.0 Å². The largest absolute Gasteiger partial charge is 0.458 e. The second-order valence-corrected chi connectivity index (χ2v) is 5.62. The summed E-state index contributed by atoms with van der Waals surface area (Å²) >= 11 is 2.33. The lowest BCUT2D eigenvalue weighted by Gasteiger charge is -2.42. The number of esters is 1. The molecular weight excluding hydrogens is 291 g/mol. The Morgan fingerprint density at radius 2 is 2.36 bits per heavy atom. The van der Waals surface area contributed by atoms with Gasteiger partial charge in [0.15, 0.2) is 0 Å². The van der Waals surface area contributed by atoms with Crippen LogP contribution in [0.1, 0.15) is 26.7 Å². The van der Waals surface area contributed by atoms with Crippen molar-refractivity contribution in [1.29, 1.82) is 0 Å². The Balaban J connectivity index is 2.39. The van der Waals surface area contributed by atoms with E-state index in [-0.39, 0.29) is 17.0 Å². The molecule has 3 heteroatoms. The van der Waals surface area contributed by atoms with Gasteiger partial charge in [-0.3, -0.25) is 4.79 Å². The van der Waals surface area contributed by atoms with Gasteiger partial charge in [-0.2, -0.15) is 0 Å². The summed E-state index contributed by atoms with van der Waals surface area (Å²) in [5, 5.41) is 0. The Bertz CT molecular complexity index is 296. The Morgan fingerprint density at radius 3 is 2.93 bits per heavy atom. The normalized spacial score (nSPS) is 39.4. The van der Waals surface area contributed by atoms with E-state index in [2.05, 4.69) is 48.6 Å². The molecule has 0 bridgehead atoms. The molecule has 0 aromatic heterocycles. The molecule has 1 saturated heterocycles. The lowest BCUT2D eigenvalue weighted by Crippen LogP contribution is -2.45. The Hall–Kier alpha value is -0.0600. The van der Waals surface area contributed by atoms with Crippen LogP contribution >= 0.6 is 22.6 Å². The molecule has 2 aliphatic rings. The molecule has 2 nitrogen and oxygen atoms in total. The summed E-state index contributed by atoms with van der Waals surface area (Å²) in [6.07, 6.45) is 5.86. The Kier molecular flexibility index (Phi) is 2.40. The molecule has 0 N–H and O–H groups in total. The van der Waals surface area contributed by atoms with Gasteiger partial charge in [0.2, 0.25) is 0 Å². The van der Waals surface area contributed by atoms with Crippen molar-refractivity contribution >= 4 is 28.6 Å². The number of ether oxygens (including phenoxy) is 1. The molecule has 1 heterocycles. The second kappa shape index (κ2) is 3.22. The van der Waals surface area contributed by atoms with Gasteiger partial charge in [-0.05, 0) is 5.41 Å². The fraction of sp³-hybridized carbons (Fsp3) is 0.727. The molecule has 2 rings (SSSR count). The number of carbonyl (C=O) groups is 1. The summed E-state index contributed by atoms with van der Waals surface area (Å²) in [4.78, 5) is 11.4. The maximum Gasteiger partial charge on any atom is 0.306 e. The predicted molar refractivity (Wildman–Crippen MR) is 63.4 cm³/mol. The molecule has 0 radical (unpaired) electrons. The predicted octanol–water partition coefficient (Wildman–Crippen LogP) is 2.71. The van der Waals surface area contributed by atoms with Gasteiger partial charge in [0.25, 0.3) is 0 Å². The standard InChI is InChI=1S/C11H15IO2/c1-10(2)4-3-5-11(7-12)8(10)6-9(13)14-11/h3-4,8H,5-7H2,1-2H3. The molecule has 0 amide bonds. The van der Waals surface area contributed by atoms with E-state index in [1.54, 1.807) is 0 Å². The van der Waals surface area contributed by atoms with E-state index in [4.69, 9.17) is 4.74 Å². The van der Waals surface area contributed by atoms with Gasteiger partial charge < -0.3 is 4.74 Å². The van der Waals surface area contributed by atoms with Gasteiger partial charge in [0.05, 0.1) is 6.42 Å². The van der Waals surface area contributed by atoms with E-state index in [9.17, 15) is 4.79 Å². The lowest BCUT2D eigenvalue weighted by atomic mass is 9.65. The number of hydrogen-bond donors (Lipinski definition) is 0. The summed E-state index contributed by atoms with van der Waals surface area (Å²) in [5.41, 5.74) is -0.120. The highest BCUT2D eigenvalue weighted by molar-refractivity contribution is 14.1. The van der Waals surface area contributed by atoms with E-state index in [1.807, 2.05) is 0 Å². The van der Waals surface area contributed by atoms with Crippen molar-refractivity contribution in [2.45, 2.75) is 32.3 Å². The van der Waals surface area contributed by atoms with Crippen molar-refractivity contribution in [3.63, 3.8) is 0 Å². The maximum absolute atomic E-state index is 11.4. The van der Waals surface area contributed by atoms with Crippen molar-refractivity contribution in [3.8, 4) is 0 Å². The highest BCUT2D eigenvalue weighted by Crippen LogP contribution is 2.50. The number of allylic oxidation sites excluding steroid dienone is 1. The third kappa shape index (κ3) is 1.40. The van der Waals surface area contributed by atoms with E-state index in [0.717, 1.165) is 10.8 Å². The SMILES string of the molecule is CC1(C)C=CCC2(CI)OC(=O)CC12. The van der Waals surface area contributed by atoms with E-state index >= 15 is 0 Å². The van der Waals surface area contributed by atoms with Gasteiger partial charge in [-0.25, -0.2) is 0 Å². The second-order valence-electron chi connectivity index (χ2n) is 4.86. The molecule has 2 atom stereocenters. The fourth-order valence-corrected chi connectivity index (χ4v) is 3.67. The number of halogens is 1. The van der Waals surface area contributed by atoms with Crippen LogP contribution in [-0.2, 0) is 9.53 Å². The number of hydrogen-bond acceptors (Lipinski definition) is 2. The first-order valence-electron chi connectivity index (χ1n) is 4.96. The summed E-state index contributed by atoms with van der Waals surface area (Å²) in [7, 11) is 0. The van der Waals surface area contributed by atoms with Gasteiger partial charge in [-0.15, -0.1) is 0 Å². The third-order valence-electron chi connectivity index (χ3n) is 3.46. The Labute approximate surface area is 98.2 Å². The van der Waals surface area contributed by atoms with Crippen LogP contribution in [0.25, 0.3) is 0 Å². The van der Waals surface area contributed by atoms with Gasteiger partial charge in [0.1, 0.15) is 5.60 Å². The minimum Gasteiger partial charge on any atom is -0.458 e. The smallest absolute Gasteiger partial charge is 0.306 e. The minimum atomic E-state index is -0.212. The Morgan fingerprint density at radius 1 is 1.64 bits per heavy atom. The zero-order valence-corrected chi connectivity index (χ0v) is 10.7. The van der Waals surface area contributed by atoms with Crippen molar-refractivity contribution in [1.82, 2.24) is 0 Å². The number of fused-ring (bicyclic) bond motifs is 1. The van der Waals surface area contributed by atoms with Crippen molar-refractivity contribution in [3.05, 3.63) is 12.2 Å². The molecule has 14 heavy (non-hydrogen) atoms. The van der Waals surface area contributed by atoms with Crippen molar-refractivity contribution in [2.75, 3.05) is 4.43 Å². The molecule has 0 saturated carbocycles. The fourth-order valence-electron chi connectivity index (χ4n) is 2.67. The molecule has 1 fully saturated rings. The van der Waals surface area contributed by atoms with Gasteiger partial charge in [0, 0.05) is 16.8 Å². The number of carbonyl (C=O) groups excluding carboxylic acids is 1.